The summed E-state index contributed by atoms with van der Waals surface area (Å²) in [6, 6.07) is 21.5. The van der Waals surface area contributed by atoms with Crippen LogP contribution in [0.15, 0.2) is 102 Å². The lowest BCUT2D eigenvalue weighted by molar-refractivity contribution is -0.167. The lowest BCUT2D eigenvalue weighted by atomic mass is 9.52. The molecular weight excluding hydrogens is 1560 g/mol. The molecule has 0 spiro atoms. The maximum Gasteiger partial charge on any atom is 0.317 e. The van der Waals surface area contributed by atoms with Crippen molar-refractivity contribution >= 4 is 36.8 Å². The van der Waals surface area contributed by atoms with Crippen LogP contribution >= 0.6 is 0 Å². The second kappa shape index (κ2) is 45.0. The summed E-state index contributed by atoms with van der Waals surface area (Å²) >= 11 is 0. The molecule has 0 radical (unpaired) electrons. The average Bonchev–Trinajstić information content (AvgIpc) is 1.53. The molecule has 0 aliphatic heterocycles. The second-order valence-corrected chi connectivity index (χ2v) is 43.1. The number of carboxylic acid groups (broad SMARTS) is 1. The van der Waals surface area contributed by atoms with Gasteiger partial charge in [-0.3, -0.25) is 19.4 Å². The van der Waals surface area contributed by atoms with E-state index in [-0.39, 0.29) is 101 Å². The number of benzene rings is 2. The molecule has 9 aliphatic carbocycles. The van der Waals surface area contributed by atoms with Gasteiger partial charge in [-0.1, -0.05) is 242 Å². The van der Waals surface area contributed by atoms with Gasteiger partial charge in [0.1, 0.15) is 59.8 Å². The summed E-state index contributed by atoms with van der Waals surface area (Å²) in [7, 11) is 3.27. The van der Waals surface area contributed by atoms with E-state index in [0.29, 0.717) is 67.6 Å². The van der Waals surface area contributed by atoms with E-state index in [1.165, 1.54) is 17.7 Å². The molecule has 1 heterocycles. The molecule has 12 rings (SSSR count). The molecule has 3 aromatic rings. The Hall–Kier alpha value is -6.33. The minimum absolute atomic E-state index is 0.0583. The van der Waals surface area contributed by atoms with Crippen LogP contribution in [0.2, 0.25) is 0 Å². The van der Waals surface area contributed by atoms with Crippen molar-refractivity contribution < 1.29 is 72.1 Å². The highest BCUT2D eigenvalue weighted by Crippen LogP contribution is 2.75. The molecule has 1 aromatic heterocycles. The molecule has 6 saturated carbocycles. The van der Waals surface area contributed by atoms with Crippen molar-refractivity contribution in [3.63, 3.8) is 0 Å². The Kier molecular flexibility index (Phi) is 36.9. The largest absolute Gasteiger partial charge is 0.497 e. The molecule has 6 fully saturated rings. The number of hydrogen-bond donors (Lipinski definition) is 2. The van der Waals surface area contributed by atoms with E-state index < -0.39 is 44.6 Å². The third kappa shape index (κ3) is 21.8. The lowest BCUT2D eigenvalue weighted by Crippen LogP contribution is -2.53. The number of unbranched alkanes of at least 4 members (excludes halogenated alkanes) is 6. The first-order valence-electron chi connectivity index (χ1n) is 49.2. The fraction of sp³-hybridized carbons (Fsp3) is 0.734. The fourth-order valence-corrected chi connectivity index (χ4v) is 25.5. The third-order valence-corrected chi connectivity index (χ3v) is 32.4. The number of aromatic nitrogens is 1. The van der Waals surface area contributed by atoms with E-state index in [0.717, 1.165) is 214 Å². The van der Waals surface area contributed by atoms with Gasteiger partial charge in [0, 0.05) is 78.1 Å². The molecule has 0 amide bonds. The predicted octanol–water partition coefficient (Wildman–Crippen LogP) is 24.2. The molecule has 16 heteroatoms. The zero-order valence-electron chi connectivity index (χ0n) is 81.5. The number of aldehydes is 3. The van der Waals surface area contributed by atoms with Crippen LogP contribution in [0.3, 0.4) is 0 Å². The topological polar surface area (TPSA) is 220 Å². The van der Waals surface area contributed by atoms with Crippen molar-refractivity contribution in [3.8, 4) is 11.5 Å². The van der Waals surface area contributed by atoms with Crippen LogP contribution in [0.4, 0.5) is 0 Å². The van der Waals surface area contributed by atoms with Gasteiger partial charge in [-0.2, -0.15) is 0 Å². The van der Waals surface area contributed by atoms with E-state index in [9.17, 15) is 39.0 Å². The van der Waals surface area contributed by atoms with E-state index in [2.05, 4.69) is 175 Å². The van der Waals surface area contributed by atoms with Crippen LogP contribution in [0.5, 0.6) is 11.5 Å². The summed E-state index contributed by atoms with van der Waals surface area (Å²) in [5.74, 6) is 4.94. The van der Waals surface area contributed by atoms with Crippen LogP contribution < -0.4 is 9.47 Å². The molecular formula is C109H167NO15. The normalized spacial score (nSPS) is 32.2. The van der Waals surface area contributed by atoms with E-state index in [1.54, 1.807) is 14.2 Å². The van der Waals surface area contributed by atoms with Crippen LogP contribution in [0.1, 0.15) is 315 Å². The number of hydrogen-bond acceptors (Lipinski definition) is 15. The predicted molar refractivity (Wildman–Crippen MR) is 500 cm³/mol. The molecule has 125 heavy (non-hydrogen) atoms. The number of carbonyl (C=O) groups excluding carboxylic acids is 5. The summed E-state index contributed by atoms with van der Waals surface area (Å²) in [6.07, 6.45) is 32.5. The Morgan fingerprint density at radius 3 is 1.06 bits per heavy atom. The maximum absolute atomic E-state index is 14.4. The Morgan fingerprint density at radius 1 is 0.440 bits per heavy atom. The van der Waals surface area contributed by atoms with Crippen molar-refractivity contribution in [1.82, 2.24) is 4.98 Å². The van der Waals surface area contributed by atoms with Crippen molar-refractivity contribution in [2.24, 2.45) is 133 Å². The molecule has 2 aromatic carbocycles. The quantitative estimate of drug-likeness (QED) is 0.0233. The van der Waals surface area contributed by atoms with E-state index >= 15 is 0 Å². The van der Waals surface area contributed by atoms with Gasteiger partial charge < -0.3 is 57.8 Å². The second-order valence-electron chi connectivity index (χ2n) is 43.1. The molecule has 0 saturated heterocycles. The summed E-state index contributed by atoms with van der Waals surface area (Å²) in [6.45, 7) is 49.1. The number of nitrogens with zero attached hydrogens (tertiary/aromatic N) is 1. The highest BCUT2D eigenvalue weighted by molar-refractivity contribution is 5.91. The monoisotopic (exact) mass is 1730 g/mol. The smallest absolute Gasteiger partial charge is 0.317 e. The van der Waals surface area contributed by atoms with Crippen LogP contribution in [0.25, 0.3) is 0 Å². The van der Waals surface area contributed by atoms with Crippen LogP contribution in [0, 0.1) is 133 Å². The van der Waals surface area contributed by atoms with E-state index in [1.807, 2.05) is 48.5 Å². The Bertz CT molecular complexity index is 3860. The Morgan fingerprint density at radius 2 is 0.752 bits per heavy atom. The van der Waals surface area contributed by atoms with Crippen molar-refractivity contribution in [1.29, 1.82) is 0 Å². The number of aliphatic hydroxyl groups is 1. The van der Waals surface area contributed by atoms with Gasteiger partial charge in [-0.05, 0) is 264 Å². The van der Waals surface area contributed by atoms with Crippen LogP contribution in [-0.2, 0) is 76.5 Å². The Balaban J connectivity index is 0.000000198. The number of ether oxygens (including phenoxy) is 7. The minimum Gasteiger partial charge on any atom is -0.497 e. The van der Waals surface area contributed by atoms with Gasteiger partial charge in [0.15, 0.2) is 0 Å². The zero-order valence-corrected chi connectivity index (χ0v) is 81.5. The number of esters is 2. The number of fused-ring (bicyclic) bond motifs is 6. The standard InChI is InChI=1S/C35H52O5.C34H50O6.C27H44O4.C13H21N/c1-7-8-16-39-17-10-9-11-30-26(5)25(4)18-32(30)34(23-36)20-28-19-31(24(2)3)35(34,21-28)33(37)40-22-27-12-14-29(38-6)15-13-27;1-6-7-15-39-16-9-8-10-28-24(4)31(36)18-30(28)33(22-35)19-26-17-29(23(2)3)34(33,20-26)32(37)40-21-25-11-13-27(38-5)14-12-25;1-6-7-11-31-12-9-8-10-22-20(5)19(4)13-24(22)26(17-28)15-21-14-23(18(2)3)27(26,16-21)25(29)30;1-12(2,3)10-8-7-9-11(14-10)13(4,5)6/h12-15,19,23-26,28,30,32H,7-11,16-18,20-22H2,1-6H3;11-14,17,22-24,26,28,30-31,36H,6-10,15-16,18-21H2,1-5H3;14,17-22,24H,6-13,15-16H2,1-5H3,(H,29,30);7-9H,1-6H3/t25?,26?,28?,30?,32?,34-,35+;24?,26?,28?,30?,31?,33-,34+;19?,20?,21?,22?,24?,26-,27+;/m000./s1. The highest BCUT2D eigenvalue weighted by atomic mass is 16.5. The van der Waals surface area contributed by atoms with Gasteiger partial charge >= 0.3 is 17.9 Å². The summed E-state index contributed by atoms with van der Waals surface area (Å²) in [5.41, 5.74) is 2.46. The van der Waals surface area contributed by atoms with Crippen LogP contribution in [-0.4, -0.2) is 112 Å². The number of allylic oxidation sites excluding steroid dienone is 3. The lowest BCUT2D eigenvalue weighted by Gasteiger charge is -2.49. The third-order valence-electron chi connectivity index (χ3n) is 32.4. The van der Waals surface area contributed by atoms with Crippen molar-refractivity contribution in [3.05, 3.63) is 124 Å². The maximum atomic E-state index is 14.4. The molecule has 9 aliphatic rings. The first-order chi connectivity index (χ1) is 59.4. The number of aliphatic hydroxyl groups excluding tert-OH is 1. The van der Waals surface area contributed by atoms with Gasteiger partial charge in [0.05, 0.1) is 20.3 Å². The summed E-state index contributed by atoms with van der Waals surface area (Å²) < 4.78 is 40.1. The average molecular weight is 1730 g/mol. The first-order valence-corrected chi connectivity index (χ1v) is 49.2. The van der Waals surface area contributed by atoms with Gasteiger partial charge in [0.25, 0.3) is 0 Å². The molecule has 16 nitrogen and oxygen atoms in total. The van der Waals surface area contributed by atoms with Gasteiger partial charge in [0.2, 0.25) is 0 Å². The fourth-order valence-electron chi connectivity index (χ4n) is 25.5. The number of methoxy groups -OCH3 is 2. The van der Waals surface area contributed by atoms with Crippen molar-refractivity contribution in [2.75, 3.05) is 53.9 Å². The molecule has 698 valence electrons. The number of aliphatic carboxylic acids is 1. The molecule has 21 atom stereocenters. The number of rotatable bonds is 42. The summed E-state index contributed by atoms with van der Waals surface area (Å²) in [4.78, 5) is 86.1. The van der Waals surface area contributed by atoms with Gasteiger partial charge in [-0.15, -0.1) is 0 Å². The van der Waals surface area contributed by atoms with Gasteiger partial charge in [-0.25, -0.2) is 0 Å². The summed E-state index contributed by atoms with van der Waals surface area (Å²) in [5, 5.41) is 21.6. The highest BCUT2D eigenvalue weighted by Gasteiger charge is 2.75. The SMILES string of the molecule is CC(C)(C)c1cccc(C(C)(C)C)n1.CCCCOCCCCC1C(C)C(C)CC1[C@@]1(C=O)CC2C=C(C(C)C)[C@@]1(C(=O)O)C2.CCCCOCCCCC1C(C)C(C)CC1[C@@]1(C=O)CC2C=C(C(C)C)[C@@]1(C(=O)OCc1ccc(OC)cc1)C2.CCCCOCCCCC1C(C)C(O)CC1[C@@]1(C=O)CC2C=C(C(C)C)[C@@]1(C(=O)OCc1ccc(OC)cc1)C2. The first kappa shape index (κ1) is 102. The van der Waals surface area contributed by atoms with E-state index in [4.69, 9.17) is 38.1 Å². The molecule has 2 N–H and O–H groups in total. The number of carbonyl (C=O) groups is 6. The molecule has 15 unspecified atom stereocenters. The molecule has 6 bridgehead atoms. The number of pyridine rings is 1. The van der Waals surface area contributed by atoms with Crippen molar-refractivity contribution in [2.45, 2.75) is 323 Å². The number of carboxylic acids is 1. The minimum atomic E-state index is -0.996. The Labute approximate surface area is 755 Å². The zero-order chi connectivity index (χ0) is 91.6.